The molecule has 70 valence electrons. The first-order valence-electron chi connectivity index (χ1n) is 4.38. The van der Waals surface area contributed by atoms with Gasteiger partial charge in [0.2, 0.25) is 0 Å². The molecule has 0 aliphatic rings. The third kappa shape index (κ3) is 1.23. The number of para-hydroxylation sites is 2. The van der Waals surface area contributed by atoms with E-state index in [-0.39, 0.29) is 0 Å². The molecule has 14 heavy (non-hydrogen) atoms. The lowest BCUT2D eigenvalue weighted by Gasteiger charge is -2.01. The second-order valence-electron chi connectivity index (χ2n) is 2.89. The molecule has 1 aromatic heterocycles. The van der Waals surface area contributed by atoms with Crippen LogP contribution in [0.5, 0.6) is 0 Å². The Morgan fingerprint density at radius 3 is 3.00 bits per heavy atom. The summed E-state index contributed by atoms with van der Waals surface area (Å²) in [7, 11) is 1.74. The fourth-order valence-electron chi connectivity index (χ4n) is 1.44. The highest BCUT2D eigenvalue weighted by atomic mass is 15.1. The summed E-state index contributed by atoms with van der Waals surface area (Å²) in [6, 6.07) is 7.94. The molecule has 0 radical (unpaired) electrons. The molecule has 0 aliphatic heterocycles. The highest BCUT2D eigenvalue weighted by molar-refractivity contribution is 5.99. The zero-order chi connectivity index (χ0) is 9.97. The number of fused-ring (bicyclic) bond motifs is 1. The lowest BCUT2D eigenvalue weighted by Crippen LogP contribution is -2.06. The quantitative estimate of drug-likeness (QED) is 0.494. The topological polar surface area (TPSA) is 30.2 Å². The zero-order valence-corrected chi connectivity index (χ0v) is 8.01. The first-order chi connectivity index (χ1) is 6.86. The molecule has 0 aliphatic carbocycles. The van der Waals surface area contributed by atoms with Gasteiger partial charge >= 0.3 is 0 Å². The van der Waals surface area contributed by atoms with Crippen LogP contribution in [0.4, 0.5) is 0 Å². The fourth-order valence-corrected chi connectivity index (χ4v) is 1.44. The Hall–Kier alpha value is -1.90. The van der Waals surface area contributed by atoms with Crippen LogP contribution in [0, 0.1) is 0 Å². The van der Waals surface area contributed by atoms with E-state index in [1.54, 1.807) is 19.5 Å². The minimum atomic E-state index is 0.804. The van der Waals surface area contributed by atoms with Crippen molar-refractivity contribution in [3.05, 3.63) is 43.2 Å². The number of imidazole rings is 1. The van der Waals surface area contributed by atoms with Crippen LogP contribution >= 0.6 is 0 Å². The Labute approximate surface area is 82.4 Å². The van der Waals surface area contributed by atoms with Gasteiger partial charge < -0.3 is 0 Å². The summed E-state index contributed by atoms with van der Waals surface area (Å²) in [5.41, 5.74) is 2.02. The van der Waals surface area contributed by atoms with E-state index in [4.69, 9.17) is 0 Å². The smallest absolute Gasteiger partial charge is 0.132 e. The molecule has 3 heteroatoms. The van der Waals surface area contributed by atoms with Crippen molar-refractivity contribution in [3.63, 3.8) is 0 Å². The van der Waals surface area contributed by atoms with Crippen LogP contribution in [0.25, 0.3) is 11.0 Å². The summed E-state index contributed by atoms with van der Waals surface area (Å²) in [4.78, 5) is 8.39. The fraction of sp³-hybridized carbons (Fsp3) is 0.0909. The number of nitrogens with zero attached hydrogens (tertiary/aromatic N) is 3. The predicted octanol–water partition coefficient (Wildman–Crippen LogP) is 2.10. The van der Waals surface area contributed by atoms with Crippen molar-refractivity contribution < 1.29 is 0 Å². The minimum Gasteiger partial charge on any atom is -0.283 e. The van der Waals surface area contributed by atoms with E-state index in [1.807, 2.05) is 28.8 Å². The number of allylic oxidation sites excluding steroid dienone is 1. The molecule has 2 rings (SSSR count). The average Bonchev–Trinajstić information content (AvgIpc) is 2.65. The molecular weight excluding hydrogens is 174 g/mol. The normalized spacial score (nSPS) is 11.9. The lowest BCUT2D eigenvalue weighted by molar-refractivity contribution is 1.15. The molecule has 0 unspecified atom stereocenters. The maximum absolute atomic E-state index is 4.27. The van der Waals surface area contributed by atoms with Crippen LogP contribution in [0.15, 0.2) is 48.2 Å². The van der Waals surface area contributed by atoms with E-state index in [9.17, 15) is 0 Å². The third-order valence-electron chi connectivity index (χ3n) is 2.11. The van der Waals surface area contributed by atoms with Gasteiger partial charge in [-0.15, -0.1) is 0 Å². The Bertz CT molecular complexity index is 494. The SMILES string of the molecule is C=CC(=NC)n1cnc2ccccc21. The van der Waals surface area contributed by atoms with Gasteiger partial charge in [0, 0.05) is 7.05 Å². The first-order valence-corrected chi connectivity index (χ1v) is 4.38. The van der Waals surface area contributed by atoms with Gasteiger partial charge in [-0.2, -0.15) is 0 Å². The van der Waals surface area contributed by atoms with Gasteiger partial charge in [0.1, 0.15) is 12.2 Å². The second kappa shape index (κ2) is 3.46. The van der Waals surface area contributed by atoms with Crippen molar-refractivity contribution in [2.45, 2.75) is 0 Å². The first kappa shape index (κ1) is 8.69. The van der Waals surface area contributed by atoms with Gasteiger partial charge in [-0.1, -0.05) is 18.7 Å². The Balaban J connectivity index is 2.69. The van der Waals surface area contributed by atoms with E-state index >= 15 is 0 Å². The molecule has 0 spiro atoms. The Kier molecular flexibility index (Phi) is 2.14. The van der Waals surface area contributed by atoms with E-state index in [0.29, 0.717) is 0 Å². The van der Waals surface area contributed by atoms with Crippen molar-refractivity contribution >= 4 is 16.9 Å². The van der Waals surface area contributed by atoms with Gasteiger partial charge in [-0.25, -0.2) is 4.98 Å². The molecule has 0 saturated heterocycles. The highest BCUT2D eigenvalue weighted by Crippen LogP contribution is 2.11. The Morgan fingerprint density at radius 1 is 1.50 bits per heavy atom. The molecule has 3 nitrogen and oxygen atoms in total. The number of benzene rings is 1. The van der Waals surface area contributed by atoms with Crippen LogP contribution in [-0.4, -0.2) is 22.4 Å². The molecule has 0 bridgehead atoms. The van der Waals surface area contributed by atoms with E-state index in [0.717, 1.165) is 16.9 Å². The van der Waals surface area contributed by atoms with Crippen LogP contribution in [-0.2, 0) is 0 Å². The highest BCUT2D eigenvalue weighted by Gasteiger charge is 2.03. The zero-order valence-electron chi connectivity index (χ0n) is 8.01. The van der Waals surface area contributed by atoms with Crippen LogP contribution in [0.1, 0.15) is 0 Å². The van der Waals surface area contributed by atoms with Gasteiger partial charge in [0.25, 0.3) is 0 Å². The van der Waals surface area contributed by atoms with Crippen molar-refractivity contribution in [1.82, 2.24) is 9.55 Å². The summed E-state index contributed by atoms with van der Waals surface area (Å²) >= 11 is 0. The van der Waals surface area contributed by atoms with Gasteiger partial charge in [-0.3, -0.25) is 9.56 Å². The summed E-state index contributed by atoms with van der Waals surface area (Å²) in [5.74, 6) is 0.804. The lowest BCUT2D eigenvalue weighted by atomic mass is 10.3. The van der Waals surface area contributed by atoms with E-state index < -0.39 is 0 Å². The molecule has 2 aromatic rings. The minimum absolute atomic E-state index is 0.804. The number of aliphatic imine (C=N–C) groups is 1. The molecule has 1 aromatic carbocycles. The van der Waals surface area contributed by atoms with Gasteiger partial charge in [0.15, 0.2) is 0 Å². The van der Waals surface area contributed by atoms with Crippen LogP contribution in [0.3, 0.4) is 0 Å². The van der Waals surface area contributed by atoms with Crippen LogP contribution in [0.2, 0.25) is 0 Å². The Morgan fingerprint density at radius 2 is 2.29 bits per heavy atom. The number of hydrogen-bond donors (Lipinski definition) is 0. The monoisotopic (exact) mass is 185 g/mol. The van der Waals surface area contributed by atoms with Crippen molar-refractivity contribution in [3.8, 4) is 0 Å². The van der Waals surface area contributed by atoms with Gasteiger partial charge in [-0.05, 0) is 18.2 Å². The predicted molar refractivity (Wildman–Crippen MR) is 58.7 cm³/mol. The number of aromatic nitrogens is 2. The summed E-state index contributed by atoms with van der Waals surface area (Å²) in [5, 5.41) is 0. The molecule has 0 N–H and O–H groups in total. The maximum atomic E-state index is 4.27. The molecule has 1 heterocycles. The summed E-state index contributed by atoms with van der Waals surface area (Å²) < 4.78 is 1.92. The maximum Gasteiger partial charge on any atom is 0.132 e. The molecule has 0 atom stereocenters. The van der Waals surface area contributed by atoms with E-state index in [1.165, 1.54) is 0 Å². The number of rotatable bonds is 1. The van der Waals surface area contributed by atoms with Gasteiger partial charge in [0.05, 0.1) is 11.0 Å². The third-order valence-corrected chi connectivity index (χ3v) is 2.11. The largest absolute Gasteiger partial charge is 0.283 e. The van der Waals surface area contributed by atoms with E-state index in [2.05, 4.69) is 16.6 Å². The second-order valence-corrected chi connectivity index (χ2v) is 2.89. The van der Waals surface area contributed by atoms with Crippen molar-refractivity contribution in [2.24, 2.45) is 4.99 Å². The van der Waals surface area contributed by atoms with Crippen molar-refractivity contribution in [1.29, 1.82) is 0 Å². The summed E-state index contributed by atoms with van der Waals surface area (Å²) in [6.07, 6.45) is 3.48. The van der Waals surface area contributed by atoms with Crippen molar-refractivity contribution in [2.75, 3.05) is 7.05 Å². The molecule has 0 fully saturated rings. The molecule has 0 saturated carbocycles. The number of hydrogen-bond acceptors (Lipinski definition) is 2. The molecular formula is C11H11N3. The van der Waals surface area contributed by atoms with Crippen LogP contribution < -0.4 is 0 Å². The summed E-state index contributed by atoms with van der Waals surface area (Å²) in [6.45, 7) is 3.72. The standard InChI is InChI=1S/C11H11N3/c1-3-11(12-2)14-8-13-9-6-4-5-7-10(9)14/h3-8H,1H2,2H3. The molecule has 0 amide bonds. The average molecular weight is 185 g/mol.